The van der Waals surface area contributed by atoms with Crippen LogP contribution < -0.4 is 15.4 Å². The Bertz CT molecular complexity index is 1270. The molecule has 1 unspecified atom stereocenters. The molecule has 4 amide bonds. The van der Waals surface area contributed by atoms with Crippen molar-refractivity contribution in [2.75, 3.05) is 31.6 Å². The Kier molecular flexibility index (Phi) is 5.97. The molecular weight excluding hydrogens is 472 g/mol. The number of nitrogens with one attached hydrogen (secondary N) is 2. The van der Waals surface area contributed by atoms with E-state index in [0.29, 0.717) is 30.1 Å². The molecule has 3 aliphatic heterocycles. The smallest absolute Gasteiger partial charge is 0.325 e. The molecule has 11 heteroatoms. The Morgan fingerprint density at radius 2 is 1.74 bits per heavy atom. The topological polar surface area (TPSA) is 125 Å². The number of hydrogen-bond acceptors (Lipinski definition) is 6. The quantitative estimate of drug-likeness (QED) is 0.608. The summed E-state index contributed by atoms with van der Waals surface area (Å²) in [6, 6.07) is 12.3. The first-order valence-electron chi connectivity index (χ1n) is 11.6. The number of nitrogens with zero attached hydrogens (tertiary/aromatic N) is 2. The van der Waals surface area contributed by atoms with Crippen LogP contribution in [0.15, 0.2) is 53.4 Å². The highest BCUT2D eigenvalue weighted by Crippen LogP contribution is 2.40. The normalized spacial score (nSPS) is 22.5. The van der Waals surface area contributed by atoms with Crippen LogP contribution in [0.3, 0.4) is 0 Å². The molecule has 5 rings (SSSR count). The van der Waals surface area contributed by atoms with Gasteiger partial charge in [0.05, 0.1) is 11.5 Å². The number of amides is 4. The maximum absolute atomic E-state index is 13.3. The number of para-hydroxylation sites is 1. The Balaban J connectivity index is 1.26. The zero-order valence-corrected chi connectivity index (χ0v) is 19.8. The van der Waals surface area contributed by atoms with Crippen LogP contribution in [0.2, 0.25) is 0 Å². The molecule has 2 N–H and O–H groups in total. The van der Waals surface area contributed by atoms with Crippen molar-refractivity contribution < 1.29 is 27.5 Å². The fourth-order valence-electron chi connectivity index (χ4n) is 4.82. The molecule has 1 atom stereocenters. The van der Waals surface area contributed by atoms with Gasteiger partial charge in [0.1, 0.15) is 12.3 Å². The molecule has 2 saturated heterocycles. The summed E-state index contributed by atoms with van der Waals surface area (Å²) in [7, 11) is -3.58. The average Bonchev–Trinajstić information content (AvgIpc) is 3.09. The minimum atomic E-state index is -3.58. The minimum Gasteiger partial charge on any atom is -0.493 e. The van der Waals surface area contributed by atoms with E-state index in [0.717, 1.165) is 24.2 Å². The van der Waals surface area contributed by atoms with E-state index in [1.165, 1.54) is 28.6 Å². The molecule has 3 heterocycles. The second-order valence-electron chi connectivity index (χ2n) is 8.86. The van der Waals surface area contributed by atoms with Crippen molar-refractivity contribution in [2.45, 2.75) is 36.1 Å². The number of piperidine rings is 1. The minimum absolute atomic E-state index is 0.159. The monoisotopic (exact) mass is 498 g/mol. The van der Waals surface area contributed by atoms with Crippen molar-refractivity contribution in [3.05, 3.63) is 54.1 Å². The molecule has 1 spiro atoms. The summed E-state index contributed by atoms with van der Waals surface area (Å²) in [5, 5.41) is 5.39. The van der Waals surface area contributed by atoms with Crippen molar-refractivity contribution >= 4 is 33.6 Å². The van der Waals surface area contributed by atoms with Crippen molar-refractivity contribution in [1.29, 1.82) is 0 Å². The fourth-order valence-corrected chi connectivity index (χ4v) is 6.34. The summed E-state index contributed by atoms with van der Waals surface area (Å²) in [5.41, 5.74) is -0.319. The molecule has 0 aromatic heterocycles. The Hall–Kier alpha value is -3.44. The summed E-state index contributed by atoms with van der Waals surface area (Å²) < 4.78 is 32.7. The number of urea groups is 1. The Morgan fingerprint density at radius 1 is 1.03 bits per heavy atom. The number of carbonyl (C=O) groups is 3. The van der Waals surface area contributed by atoms with Gasteiger partial charge in [-0.1, -0.05) is 24.6 Å². The summed E-state index contributed by atoms with van der Waals surface area (Å²) in [5.74, 6) is -0.549. The van der Waals surface area contributed by atoms with Gasteiger partial charge in [-0.15, -0.1) is 0 Å². The molecule has 2 aromatic rings. The zero-order valence-electron chi connectivity index (χ0n) is 19.0. The SMILES string of the molecule is O=C(CN1C(=O)NC2(CCOc3ccccc32)C1=O)Nc1ccc(S(=O)(=O)N2CCCCC2)cc1. The lowest BCUT2D eigenvalue weighted by Gasteiger charge is -2.33. The van der Waals surface area contributed by atoms with Gasteiger partial charge >= 0.3 is 6.03 Å². The van der Waals surface area contributed by atoms with Gasteiger partial charge < -0.3 is 15.4 Å². The molecule has 0 aliphatic carbocycles. The van der Waals surface area contributed by atoms with Crippen molar-refractivity contribution in [1.82, 2.24) is 14.5 Å². The predicted octanol–water partition coefficient (Wildman–Crippen LogP) is 2.03. The third kappa shape index (κ3) is 4.14. The maximum Gasteiger partial charge on any atom is 0.325 e. The molecule has 3 aliphatic rings. The van der Waals surface area contributed by atoms with Crippen molar-refractivity contribution in [3.8, 4) is 5.75 Å². The Labute approximate surface area is 203 Å². The fraction of sp³-hybridized carbons (Fsp3) is 0.375. The molecule has 2 fully saturated rings. The molecule has 184 valence electrons. The van der Waals surface area contributed by atoms with Crippen LogP contribution in [0.5, 0.6) is 5.75 Å². The number of anilines is 1. The number of imide groups is 1. The van der Waals surface area contributed by atoms with E-state index in [1.54, 1.807) is 24.3 Å². The van der Waals surface area contributed by atoms with Crippen LogP contribution in [-0.4, -0.2) is 61.7 Å². The third-order valence-electron chi connectivity index (χ3n) is 6.65. The van der Waals surface area contributed by atoms with Crippen LogP contribution in [0.4, 0.5) is 10.5 Å². The van der Waals surface area contributed by atoms with E-state index in [4.69, 9.17) is 4.74 Å². The van der Waals surface area contributed by atoms with E-state index >= 15 is 0 Å². The number of sulfonamides is 1. The summed E-state index contributed by atoms with van der Waals surface area (Å²) in [6.45, 7) is 0.800. The van der Waals surface area contributed by atoms with Crippen LogP contribution in [0.1, 0.15) is 31.2 Å². The summed E-state index contributed by atoms with van der Waals surface area (Å²) >= 11 is 0. The lowest BCUT2D eigenvalue weighted by molar-refractivity contribution is -0.135. The number of benzene rings is 2. The number of rotatable bonds is 5. The zero-order chi connectivity index (χ0) is 24.6. The van der Waals surface area contributed by atoms with E-state index in [1.807, 2.05) is 0 Å². The average molecular weight is 499 g/mol. The number of fused-ring (bicyclic) bond motifs is 2. The van der Waals surface area contributed by atoms with Gasteiger partial charge in [-0.25, -0.2) is 13.2 Å². The third-order valence-corrected chi connectivity index (χ3v) is 8.56. The molecule has 0 saturated carbocycles. The standard InChI is InChI=1S/C24H26N4O6S/c29-21(25-17-8-10-18(11-9-17)35(32,33)27-13-4-1-5-14-27)16-28-22(30)24(26-23(28)31)12-15-34-20-7-3-2-6-19(20)24/h2-3,6-11H,1,4-5,12-16H2,(H,25,29)(H,26,31). The van der Waals surface area contributed by atoms with Gasteiger partial charge in [0.2, 0.25) is 15.9 Å². The summed E-state index contributed by atoms with van der Waals surface area (Å²) in [6.07, 6.45) is 2.97. The molecular formula is C24H26N4O6S. The molecule has 35 heavy (non-hydrogen) atoms. The Morgan fingerprint density at radius 3 is 2.49 bits per heavy atom. The summed E-state index contributed by atoms with van der Waals surface area (Å²) in [4.78, 5) is 39.7. The van der Waals surface area contributed by atoms with Gasteiger partial charge in [-0.2, -0.15) is 4.31 Å². The number of carbonyl (C=O) groups excluding carboxylic acids is 3. The molecule has 0 bridgehead atoms. The first-order valence-corrected chi connectivity index (χ1v) is 13.0. The van der Waals surface area contributed by atoms with Gasteiger partial charge in [0, 0.05) is 30.8 Å². The van der Waals surface area contributed by atoms with E-state index in [-0.39, 0.29) is 17.9 Å². The number of hydrogen-bond donors (Lipinski definition) is 2. The van der Waals surface area contributed by atoms with Crippen LogP contribution in [0, 0.1) is 0 Å². The first kappa shape index (κ1) is 23.3. The van der Waals surface area contributed by atoms with Crippen LogP contribution in [-0.2, 0) is 25.2 Å². The van der Waals surface area contributed by atoms with Crippen molar-refractivity contribution in [3.63, 3.8) is 0 Å². The first-order chi connectivity index (χ1) is 16.8. The van der Waals surface area contributed by atoms with E-state index < -0.39 is 40.0 Å². The number of ether oxygens (including phenoxy) is 1. The molecule has 10 nitrogen and oxygen atoms in total. The maximum atomic E-state index is 13.3. The second-order valence-corrected chi connectivity index (χ2v) is 10.8. The molecule has 0 radical (unpaired) electrons. The van der Waals surface area contributed by atoms with E-state index in [2.05, 4.69) is 10.6 Å². The van der Waals surface area contributed by atoms with Gasteiger partial charge in [0.15, 0.2) is 5.54 Å². The van der Waals surface area contributed by atoms with Crippen LogP contribution >= 0.6 is 0 Å². The van der Waals surface area contributed by atoms with Crippen LogP contribution in [0.25, 0.3) is 0 Å². The lowest BCUT2D eigenvalue weighted by Crippen LogP contribution is -2.48. The highest BCUT2D eigenvalue weighted by atomic mass is 32.2. The molecule has 2 aromatic carbocycles. The highest BCUT2D eigenvalue weighted by Gasteiger charge is 2.55. The van der Waals surface area contributed by atoms with Crippen molar-refractivity contribution in [2.24, 2.45) is 0 Å². The van der Waals surface area contributed by atoms with Gasteiger partial charge in [0.25, 0.3) is 5.91 Å². The lowest BCUT2D eigenvalue weighted by atomic mass is 9.84. The highest BCUT2D eigenvalue weighted by molar-refractivity contribution is 7.89. The van der Waals surface area contributed by atoms with E-state index in [9.17, 15) is 22.8 Å². The predicted molar refractivity (Wildman–Crippen MR) is 126 cm³/mol. The van der Waals surface area contributed by atoms with Gasteiger partial charge in [-0.05, 0) is 43.2 Å². The largest absolute Gasteiger partial charge is 0.493 e. The van der Waals surface area contributed by atoms with Gasteiger partial charge in [-0.3, -0.25) is 14.5 Å². The second kappa shape index (κ2) is 8.97.